The van der Waals surface area contributed by atoms with Crippen molar-refractivity contribution < 1.29 is 9.53 Å². The highest BCUT2D eigenvalue weighted by molar-refractivity contribution is 9.10. The van der Waals surface area contributed by atoms with E-state index in [1.807, 2.05) is 31.2 Å². The lowest BCUT2D eigenvalue weighted by atomic mass is 10.1. The molecule has 0 saturated heterocycles. The van der Waals surface area contributed by atoms with Gasteiger partial charge in [0.15, 0.2) is 0 Å². The Balaban J connectivity index is 1.61. The second-order valence-corrected chi connectivity index (χ2v) is 8.23. The second kappa shape index (κ2) is 9.65. The molecule has 0 spiro atoms. The number of ether oxygens (including phenoxy) is 1. The van der Waals surface area contributed by atoms with Crippen LogP contribution in [0.5, 0.6) is 5.75 Å². The van der Waals surface area contributed by atoms with Crippen molar-refractivity contribution in [2.75, 3.05) is 7.05 Å². The fraction of sp³-hybridized carbons (Fsp3) is 0.238. The van der Waals surface area contributed by atoms with Gasteiger partial charge in [-0.2, -0.15) is 5.10 Å². The largest absolute Gasteiger partial charge is 0.487 e. The number of carbonyl (C=O) groups is 1. The van der Waals surface area contributed by atoms with Gasteiger partial charge in [0.05, 0.1) is 16.6 Å². The highest BCUT2D eigenvalue weighted by Gasteiger charge is 2.16. The molecule has 0 aliphatic carbocycles. The first-order valence-corrected chi connectivity index (χ1v) is 10.6. The molecule has 8 heteroatoms. The second-order valence-electron chi connectivity index (χ2n) is 6.50. The van der Waals surface area contributed by atoms with Gasteiger partial charge in [0.25, 0.3) is 5.91 Å². The smallest absolute Gasteiger partial charge is 0.253 e. The van der Waals surface area contributed by atoms with Crippen molar-refractivity contribution in [3.05, 3.63) is 80.0 Å². The maximum atomic E-state index is 12.7. The van der Waals surface area contributed by atoms with Gasteiger partial charge < -0.3 is 9.64 Å². The molecule has 1 heterocycles. The fourth-order valence-corrected chi connectivity index (χ4v) is 3.66. The highest BCUT2D eigenvalue weighted by atomic mass is 79.9. The average Bonchev–Trinajstić information content (AvgIpc) is 3.06. The molecule has 1 amide bonds. The Kier molecular flexibility index (Phi) is 7.22. The molecule has 0 aliphatic rings. The summed E-state index contributed by atoms with van der Waals surface area (Å²) >= 11 is 15.7. The van der Waals surface area contributed by atoms with Crippen molar-refractivity contribution in [2.24, 2.45) is 0 Å². The molecule has 29 heavy (non-hydrogen) atoms. The first-order chi connectivity index (χ1) is 13.9. The van der Waals surface area contributed by atoms with Crippen LogP contribution in [0.1, 0.15) is 28.5 Å². The summed E-state index contributed by atoms with van der Waals surface area (Å²) in [5, 5.41) is 5.48. The SMILES string of the molecule is CCn1cc(Cl)c(CN(C)C(=O)c2ccc(COc3ccc(Br)cc3Cl)cc2)n1. The first kappa shape index (κ1) is 21.7. The molecule has 0 saturated carbocycles. The number of amides is 1. The minimum Gasteiger partial charge on any atom is -0.487 e. The van der Waals surface area contributed by atoms with Crippen LogP contribution in [-0.4, -0.2) is 27.6 Å². The molecule has 0 N–H and O–H groups in total. The number of aryl methyl sites for hydroxylation is 1. The Labute approximate surface area is 188 Å². The molecule has 0 fully saturated rings. The Morgan fingerprint density at radius 3 is 2.52 bits per heavy atom. The Hall–Kier alpha value is -2.02. The molecular weight excluding hydrogens is 477 g/mol. The zero-order chi connectivity index (χ0) is 21.0. The molecule has 3 rings (SSSR count). The molecule has 152 valence electrons. The van der Waals surface area contributed by atoms with E-state index >= 15 is 0 Å². The Morgan fingerprint density at radius 1 is 1.17 bits per heavy atom. The van der Waals surface area contributed by atoms with Gasteiger partial charge in [-0.25, -0.2) is 0 Å². The molecule has 5 nitrogen and oxygen atoms in total. The van der Waals surface area contributed by atoms with Crippen molar-refractivity contribution in [2.45, 2.75) is 26.6 Å². The zero-order valence-corrected chi connectivity index (χ0v) is 19.1. The summed E-state index contributed by atoms with van der Waals surface area (Å²) in [4.78, 5) is 14.3. The van der Waals surface area contributed by atoms with E-state index in [-0.39, 0.29) is 5.91 Å². The monoisotopic (exact) mass is 495 g/mol. The summed E-state index contributed by atoms with van der Waals surface area (Å²) in [6, 6.07) is 12.8. The lowest BCUT2D eigenvalue weighted by Crippen LogP contribution is -2.26. The number of nitrogens with zero attached hydrogens (tertiary/aromatic N) is 3. The van der Waals surface area contributed by atoms with Gasteiger partial charge in [-0.05, 0) is 42.8 Å². The van der Waals surface area contributed by atoms with Gasteiger partial charge >= 0.3 is 0 Å². The van der Waals surface area contributed by atoms with E-state index in [1.54, 1.807) is 41.0 Å². The van der Waals surface area contributed by atoms with Crippen molar-refractivity contribution in [1.29, 1.82) is 0 Å². The van der Waals surface area contributed by atoms with E-state index < -0.39 is 0 Å². The minimum absolute atomic E-state index is 0.101. The van der Waals surface area contributed by atoms with Crippen molar-refractivity contribution >= 4 is 45.0 Å². The van der Waals surface area contributed by atoms with Gasteiger partial charge in [0.2, 0.25) is 0 Å². The Morgan fingerprint density at radius 2 is 1.90 bits per heavy atom. The van der Waals surface area contributed by atoms with Crippen LogP contribution >= 0.6 is 39.1 Å². The summed E-state index contributed by atoms with van der Waals surface area (Å²) in [6.45, 7) is 3.41. The predicted molar refractivity (Wildman–Crippen MR) is 119 cm³/mol. The molecule has 3 aromatic rings. The van der Waals surface area contributed by atoms with Gasteiger partial charge in [-0.3, -0.25) is 9.48 Å². The van der Waals surface area contributed by atoms with Gasteiger partial charge in [0.1, 0.15) is 18.1 Å². The van der Waals surface area contributed by atoms with Gasteiger partial charge in [-0.15, -0.1) is 0 Å². The molecule has 0 bridgehead atoms. The lowest BCUT2D eigenvalue weighted by Gasteiger charge is -2.16. The summed E-state index contributed by atoms with van der Waals surface area (Å²) in [7, 11) is 1.73. The van der Waals surface area contributed by atoms with Crippen LogP contribution in [0.3, 0.4) is 0 Å². The van der Waals surface area contributed by atoms with E-state index in [0.717, 1.165) is 16.6 Å². The molecule has 1 aromatic heterocycles. The summed E-state index contributed by atoms with van der Waals surface area (Å²) in [5.74, 6) is 0.508. The fourth-order valence-electron chi connectivity index (χ4n) is 2.72. The van der Waals surface area contributed by atoms with Crippen molar-refractivity contribution in [3.63, 3.8) is 0 Å². The highest BCUT2D eigenvalue weighted by Crippen LogP contribution is 2.28. The van der Waals surface area contributed by atoms with E-state index in [9.17, 15) is 4.79 Å². The maximum Gasteiger partial charge on any atom is 0.253 e. The zero-order valence-electron chi connectivity index (χ0n) is 16.0. The first-order valence-electron chi connectivity index (χ1n) is 9.01. The van der Waals surface area contributed by atoms with Gasteiger partial charge in [-0.1, -0.05) is 51.3 Å². The van der Waals surface area contributed by atoms with Crippen LogP contribution in [0.15, 0.2) is 53.1 Å². The summed E-state index contributed by atoms with van der Waals surface area (Å²) < 4.78 is 8.40. The predicted octanol–water partition coefficient (Wildman–Crippen LogP) is 5.82. The third kappa shape index (κ3) is 5.53. The number of aromatic nitrogens is 2. The number of hydrogen-bond acceptors (Lipinski definition) is 3. The number of hydrogen-bond donors (Lipinski definition) is 0. The molecular formula is C21H20BrCl2N3O2. The molecule has 0 aliphatic heterocycles. The standard InChI is InChI=1S/C21H20BrCl2N3O2/c1-3-27-11-18(24)19(25-27)12-26(2)21(28)15-6-4-14(5-7-15)13-29-20-9-8-16(22)10-17(20)23/h4-11H,3,12-13H2,1-2H3. The topological polar surface area (TPSA) is 47.4 Å². The van der Waals surface area contributed by atoms with Crippen LogP contribution in [-0.2, 0) is 19.7 Å². The van der Waals surface area contributed by atoms with E-state index in [2.05, 4.69) is 21.0 Å². The number of halogens is 3. The van der Waals surface area contributed by atoms with E-state index in [4.69, 9.17) is 27.9 Å². The van der Waals surface area contributed by atoms with Crippen LogP contribution in [0.25, 0.3) is 0 Å². The number of rotatable bonds is 7. The van der Waals surface area contributed by atoms with E-state index in [1.165, 1.54) is 0 Å². The summed E-state index contributed by atoms with van der Waals surface area (Å²) in [6.07, 6.45) is 1.77. The molecule has 0 unspecified atom stereocenters. The van der Waals surface area contributed by atoms with Crippen molar-refractivity contribution in [1.82, 2.24) is 14.7 Å². The number of carbonyl (C=O) groups excluding carboxylic acids is 1. The maximum absolute atomic E-state index is 12.7. The van der Waals surface area contributed by atoms with Gasteiger partial charge in [0, 0.05) is 29.8 Å². The van der Waals surface area contributed by atoms with E-state index in [0.29, 0.717) is 40.2 Å². The van der Waals surface area contributed by atoms with Crippen LogP contribution in [0.4, 0.5) is 0 Å². The van der Waals surface area contributed by atoms with Crippen LogP contribution in [0.2, 0.25) is 10.0 Å². The average molecular weight is 497 g/mol. The normalized spacial score (nSPS) is 10.8. The quantitative estimate of drug-likeness (QED) is 0.413. The third-order valence-corrected chi connectivity index (χ3v) is 5.44. The summed E-state index contributed by atoms with van der Waals surface area (Å²) in [5.41, 5.74) is 2.21. The van der Waals surface area contributed by atoms with Crippen LogP contribution < -0.4 is 4.74 Å². The molecule has 0 radical (unpaired) electrons. The minimum atomic E-state index is -0.101. The number of benzene rings is 2. The van der Waals surface area contributed by atoms with Crippen molar-refractivity contribution in [3.8, 4) is 5.75 Å². The molecule has 2 aromatic carbocycles. The molecule has 0 atom stereocenters. The third-order valence-electron chi connectivity index (χ3n) is 4.33. The lowest BCUT2D eigenvalue weighted by molar-refractivity contribution is 0.0783. The van der Waals surface area contributed by atoms with Crippen LogP contribution in [0, 0.1) is 0 Å². The Bertz CT molecular complexity index is 1010.